The van der Waals surface area contributed by atoms with Gasteiger partial charge in [-0.25, -0.2) is 0 Å². The van der Waals surface area contributed by atoms with Crippen LogP contribution >= 0.6 is 0 Å². The second-order valence-corrected chi connectivity index (χ2v) is 8.02. The number of ketones is 1. The number of hydrogen-bond acceptors (Lipinski definition) is 5. The molecule has 0 unspecified atom stereocenters. The molecule has 2 bridgehead atoms. The molecule has 0 aromatic heterocycles. The monoisotopic (exact) mass is 386 g/mol. The molecule has 3 aliphatic rings. The predicted octanol–water partition coefficient (Wildman–Crippen LogP) is 5.02. The highest BCUT2D eigenvalue weighted by molar-refractivity contribution is 5.98. The standard InChI is InChI=1S/C23H30O5/c1-4-5-6-7-11-23-14-15-12-19(25-2)20(26-3)13-16(15)22(28-23)21-17(24)9-8-10-18(21)27-23/h12-13,22H,4-11,14H2,1-3H3/t22-,23+/m0/s1. The van der Waals surface area contributed by atoms with Gasteiger partial charge in [-0.15, -0.1) is 0 Å². The molecule has 2 atom stereocenters. The van der Waals surface area contributed by atoms with Gasteiger partial charge in [0.05, 0.1) is 19.8 Å². The second kappa shape index (κ2) is 7.78. The third-order valence-corrected chi connectivity index (χ3v) is 6.11. The van der Waals surface area contributed by atoms with Crippen LogP contribution in [-0.4, -0.2) is 25.8 Å². The van der Waals surface area contributed by atoms with Crippen LogP contribution in [0.2, 0.25) is 0 Å². The molecule has 1 aliphatic carbocycles. The molecule has 1 aromatic rings. The van der Waals surface area contributed by atoms with Crippen LogP contribution in [0.25, 0.3) is 0 Å². The van der Waals surface area contributed by atoms with E-state index in [1.165, 1.54) is 19.3 Å². The highest BCUT2D eigenvalue weighted by Gasteiger charge is 2.50. The number of benzene rings is 1. The molecule has 1 aromatic carbocycles. The molecule has 0 saturated carbocycles. The molecule has 152 valence electrons. The Balaban J connectivity index is 1.76. The number of unbranched alkanes of at least 4 members (excludes halogenated alkanes) is 3. The Kier molecular flexibility index (Phi) is 5.37. The average Bonchev–Trinajstić information content (AvgIpc) is 2.70. The molecule has 2 heterocycles. The van der Waals surface area contributed by atoms with Gasteiger partial charge in [-0.1, -0.05) is 26.2 Å². The van der Waals surface area contributed by atoms with Crippen molar-refractivity contribution in [3.05, 3.63) is 34.6 Å². The van der Waals surface area contributed by atoms with E-state index in [9.17, 15) is 4.79 Å². The van der Waals surface area contributed by atoms with Crippen molar-refractivity contribution < 1.29 is 23.7 Å². The minimum absolute atomic E-state index is 0.147. The Bertz CT molecular complexity index is 796. The fourth-order valence-corrected chi connectivity index (χ4v) is 4.70. The summed E-state index contributed by atoms with van der Waals surface area (Å²) >= 11 is 0. The summed E-state index contributed by atoms with van der Waals surface area (Å²) in [5.41, 5.74) is 2.84. The molecule has 5 nitrogen and oxygen atoms in total. The van der Waals surface area contributed by atoms with Crippen LogP contribution in [0.1, 0.15) is 75.5 Å². The minimum atomic E-state index is -0.679. The van der Waals surface area contributed by atoms with Crippen molar-refractivity contribution in [3.63, 3.8) is 0 Å². The van der Waals surface area contributed by atoms with Crippen LogP contribution < -0.4 is 9.47 Å². The van der Waals surface area contributed by atoms with E-state index in [2.05, 4.69) is 6.92 Å². The summed E-state index contributed by atoms with van der Waals surface area (Å²) in [5, 5.41) is 0. The summed E-state index contributed by atoms with van der Waals surface area (Å²) in [6.07, 6.45) is 8.00. The van der Waals surface area contributed by atoms with Gasteiger partial charge < -0.3 is 18.9 Å². The fourth-order valence-electron chi connectivity index (χ4n) is 4.70. The molecule has 2 aliphatic heterocycles. The normalized spacial score (nSPS) is 25.7. The molecule has 0 saturated heterocycles. The van der Waals surface area contributed by atoms with E-state index >= 15 is 0 Å². The first-order valence-corrected chi connectivity index (χ1v) is 10.5. The molecule has 28 heavy (non-hydrogen) atoms. The maximum atomic E-state index is 12.7. The van der Waals surface area contributed by atoms with Gasteiger partial charge in [-0.2, -0.15) is 0 Å². The van der Waals surface area contributed by atoms with E-state index in [-0.39, 0.29) is 11.9 Å². The minimum Gasteiger partial charge on any atom is -0.493 e. The topological polar surface area (TPSA) is 54.0 Å². The van der Waals surface area contributed by atoms with Gasteiger partial charge in [0.25, 0.3) is 0 Å². The van der Waals surface area contributed by atoms with Crippen LogP contribution in [0.15, 0.2) is 23.5 Å². The Morgan fingerprint density at radius 2 is 1.89 bits per heavy atom. The molecule has 0 spiro atoms. The van der Waals surface area contributed by atoms with Gasteiger partial charge in [0.15, 0.2) is 17.3 Å². The molecule has 0 fully saturated rings. The highest BCUT2D eigenvalue weighted by atomic mass is 16.7. The van der Waals surface area contributed by atoms with E-state index in [1.54, 1.807) is 14.2 Å². The van der Waals surface area contributed by atoms with Crippen LogP contribution in [0, 0.1) is 0 Å². The molecule has 0 amide bonds. The number of carbonyl (C=O) groups is 1. The van der Waals surface area contributed by atoms with Crippen LogP contribution in [0.4, 0.5) is 0 Å². The number of carbonyl (C=O) groups excluding carboxylic acids is 1. The van der Waals surface area contributed by atoms with Crippen molar-refractivity contribution in [2.45, 2.75) is 76.6 Å². The van der Waals surface area contributed by atoms with E-state index in [1.807, 2.05) is 12.1 Å². The van der Waals surface area contributed by atoms with Crippen molar-refractivity contribution >= 4 is 5.78 Å². The zero-order valence-corrected chi connectivity index (χ0v) is 17.1. The van der Waals surface area contributed by atoms with E-state index in [0.717, 1.165) is 42.6 Å². The van der Waals surface area contributed by atoms with E-state index in [0.29, 0.717) is 29.9 Å². The summed E-state index contributed by atoms with van der Waals surface area (Å²) in [6, 6.07) is 3.99. The molecular formula is C23H30O5. The summed E-state index contributed by atoms with van der Waals surface area (Å²) in [4.78, 5) is 12.7. The average molecular weight is 386 g/mol. The Hall–Kier alpha value is -2.01. The Morgan fingerprint density at radius 1 is 1.11 bits per heavy atom. The lowest BCUT2D eigenvalue weighted by Gasteiger charge is -2.48. The number of allylic oxidation sites excluding steroid dienone is 1. The van der Waals surface area contributed by atoms with Crippen molar-refractivity contribution in [2.75, 3.05) is 14.2 Å². The van der Waals surface area contributed by atoms with Crippen molar-refractivity contribution in [1.82, 2.24) is 0 Å². The molecular weight excluding hydrogens is 356 g/mol. The first-order valence-electron chi connectivity index (χ1n) is 10.5. The maximum absolute atomic E-state index is 12.7. The lowest BCUT2D eigenvalue weighted by Crippen LogP contribution is -2.48. The van der Waals surface area contributed by atoms with Crippen LogP contribution in [0.3, 0.4) is 0 Å². The number of rotatable bonds is 7. The van der Waals surface area contributed by atoms with Gasteiger partial charge in [0.2, 0.25) is 5.79 Å². The fraction of sp³-hybridized carbons (Fsp3) is 0.609. The third-order valence-electron chi connectivity index (χ3n) is 6.11. The maximum Gasteiger partial charge on any atom is 0.215 e. The molecule has 0 radical (unpaired) electrons. The third kappa shape index (κ3) is 3.30. The Morgan fingerprint density at radius 3 is 2.64 bits per heavy atom. The van der Waals surface area contributed by atoms with Crippen LogP contribution in [0.5, 0.6) is 11.5 Å². The summed E-state index contributed by atoms with van der Waals surface area (Å²) in [7, 11) is 3.28. The van der Waals surface area contributed by atoms with Gasteiger partial charge in [-0.3, -0.25) is 4.79 Å². The zero-order chi connectivity index (χ0) is 19.7. The number of ether oxygens (including phenoxy) is 4. The van der Waals surface area contributed by atoms with Gasteiger partial charge in [0, 0.05) is 25.7 Å². The van der Waals surface area contributed by atoms with Crippen molar-refractivity contribution in [1.29, 1.82) is 0 Å². The number of Topliss-reactive ketones (excluding diaryl/α,β-unsaturated/α-hetero) is 1. The quantitative estimate of drug-likeness (QED) is 0.616. The van der Waals surface area contributed by atoms with Gasteiger partial charge in [0.1, 0.15) is 11.9 Å². The summed E-state index contributed by atoms with van der Waals surface area (Å²) in [6.45, 7) is 2.21. The SMILES string of the molecule is CCCCCC[C@]12Cc3cc(OC)c(OC)cc3[C@H](O1)C1=C(CCCC1=O)O2. The zero-order valence-electron chi connectivity index (χ0n) is 17.1. The van der Waals surface area contributed by atoms with E-state index < -0.39 is 5.79 Å². The van der Waals surface area contributed by atoms with Crippen LogP contribution in [-0.2, 0) is 20.7 Å². The number of fused-ring (bicyclic) bond motifs is 5. The Labute approximate surface area is 167 Å². The van der Waals surface area contributed by atoms with Crippen molar-refractivity contribution in [2.24, 2.45) is 0 Å². The largest absolute Gasteiger partial charge is 0.493 e. The number of hydrogen-bond donors (Lipinski definition) is 0. The molecule has 5 heteroatoms. The van der Waals surface area contributed by atoms with Crippen molar-refractivity contribution in [3.8, 4) is 11.5 Å². The van der Waals surface area contributed by atoms with Gasteiger partial charge in [-0.05, 0) is 36.1 Å². The summed E-state index contributed by atoms with van der Waals surface area (Å²) < 4.78 is 24.0. The van der Waals surface area contributed by atoms with E-state index in [4.69, 9.17) is 18.9 Å². The lowest BCUT2D eigenvalue weighted by molar-refractivity contribution is -0.264. The smallest absolute Gasteiger partial charge is 0.215 e. The first-order chi connectivity index (χ1) is 13.6. The molecule has 4 rings (SSSR count). The number of methoxy groups -OCH3 is 2. The second-order valence-electron chi connectivity index (χ2n) is 8.02. The highest BCUT2D eigenvalue weighted by Crippen LogP contribution is 2.52. The van der Waals surface area contributed by atoms with Gasteiger partial charge >= 0.3 is 0 Å². The summed E-state index contributed by atoms with van der Waals surface area (Å²) in [5.74, 6) is 1.68. The molecule has 0 N–H and O–H groups in total. The first kappa shape index (κ1) is 19.3. The predicted molar refractivity (Wildman–Crippen MR) is 106 cm³/mol. The lowest BCUT2D eigenvalue weighted by atomic mass is 9.80.